The van der Waals surface area contributed by atoms with Crippen molar-refractivity contribution in [3.63, 3.8) is 0 Å². The van der Waals surface area contributed by atoms with Crippen molar-refractivity contribution in [2.24, 2.45) is 11.8 Å². The van der Waals surface area contributed by atoms with Gasteiger partial charge in [-0.3, -0.25) is 4.79 Å². The highest BCUT2D eigenvalue weighted by atomic mass is 16.5. The van der Waals surface area contributed by atoms with Gasteiger partial charge in [-0.1, -0.05) is 26.7 Å². The Balaban J connectivity index is 2.44. The molecule has 4 atom stereocenters. The fourth-order valence-corrected chi connectivity index (χ4v) is 2.68. The predicted octanol–water partition coefficient (Wildman–Crippen LogP) is 1.98. The molecule has 0 radical (unpaired) electrons. The van der Waals surface area contributed by atoms with Crippen molar-refractivity contribution in [1.82, 2.24) is 5.32 Å². The lowest BCUT2D eigenvalue weighted by molar-refractivity contribution is -0.151. The lowest BCUT2D eigenvalue weighted by Gasteiger charge is -2.35. The third kappa shape index (κ3) is 6.42. The second kappa shape index (κ2) is 9.33. The number of amides is 1. The van der Waals surface area contributed by atoms with Crippen LogP contribution in [0, 0.1) is 11.8 Å². The van der Waals surface area contributed by atoms with Crippen LogP contribution in [0.15, 0.2) is 12.2 Å². The molecule has 130 valence electrons. The van der Waals surface area contributed by atoms with Gasteiger partial charge in [0.1, 0.15) is 0 Å². The van der Waals surface area contributed by atoms with Crippen molar-refractivity contribution >= 4 is 17.8 Å². The van der Waals surface area contributed by atoms with Crippen molar-refractivity contribution in [3.05, 3.63) is 12.2 Å². The summed E-state index contributed by atoms with van der Waals surface area (Å²) in [5.74, 6) is -0.704. The van der Waals surface area contributed by atoms with E-state index < -0.39 is 18.0 Å². The number of carbonyl (C=O) groups excluding carboxylic acids is 3. The molecule has 0 aromatic heterocycles. The molecule has 0 saturated heterocycles. The molecule has 0 heterocycles. The molecule has 0 unspecified atom stereocenters. The highest BCUT2D eigenvalue weighted by molar-refractivity contribution is 5.93. The van der Waals surface area contributed by atoms with Crippen LogP contribution < -0.4 is 5.32 Å². The van der Waals surface area contributed by atoms with E-state index in [4.69, 9.17) is 4.74 Å². The number of carbonyl (C=O) groups is 3. The van der Waals surface area contributed by atoms with Gasteiger partial charge in [0.15, 0.2) is 6.10 Å². The van der Waals surface area contributed by atoms with Crippen molar-refractivity contribution in [1.29, 1.82) is 0 Å². The zero-order chi connectivity index (χ0) is 17.4. The summed E-state index contributed by atoms with van der Waals surface area (Å²) in [7, 11) is 0. The first-order valence-corrected chi connectivity index (χ1v) is 8.21. The maximum atomic E-state index is 12.1. The minimum absolute atomic E-state index is 0.113. The molecule has 0 aliphatic heterocycles. The second-order valence-corrected chi connectivity index (χ2v) is 6.05. The van der Waals surface area contributed by atoms with Crippen LogP contribution >= 0.6 is 0 Å². The smallest absolute Gasteiger partial charge is 0.331 e. The van der Waals surface area contributed by atoms with E-state index in [1.54, 1.807) is 6.92 Å². The van der Waals surface area contributed by atoms with E-state index in [-0.39, 0.29) is 18.6 Å². The molecule has 23 heavy (non-hydrogen) atoms. The SMILES string of the molecule is CCOC(=O)/C=C/C(=O)O[C@@H](C)C(=O)N[C@H]1CCC[C@H](C)[C@@H]1C. The van der Waals surface area contributed by atoms with Crippen LogP contribution in [-0.4, -0.2) is 36.6 Å². The van der Waals surface area contributed by atoms with Gasteiger partial charge in [-0.25, -0.2) is 9.59 Å². The van der Waals surface area contributed by atoms with Gasteiger partial charge in [-0.2, -0.15) is 0 Å². The molecule has 0 spiro atoms. The monoisotopic (exact) mass is 325 g/mol. The minimum Gasteiger partial charge on any atom is -0.463 e. The summed E-state index contributed by atoms with van der Waals surface area (Å²) < 4.78 is 9.65. The van der Waals surface area contributed by atoms with Gasteiger partial charge in [0.2, 0.25) is 0 Å². The summed E-state index contributed by atoms with van der Waals surface area (Å²) in [6.07, 6.45) is 4.26. The van der Waals surface area contributed by atoms with Crippen molar-refractivity contribution in [3.8, 4) is 0 Å². The molecule has 0 bridgehead atoms. The summed E-state index contributed by atoms with van der Waals surface area (Å²) in [5, 5.41) is 2.96. The Morgan fingerprint density at radius 1 is 1.17 bits per heavy atom. The van der Waals surface area contributed by atoms with Crippen LogP contribution in [0.1, 0.15) is 47.0 Å². The van der Waals surface area contributed by atoms with E-state index in [1.165, 1.54) is 13.3 Å². The third-order valence-electron chi connectivity index (χ3n) is 4.34. The highest BCUT2D eigenvalue weighted by Crippen LogP contribution is 2.29. The van der Waals surface area contributed by atoms with Gasteiger partial charge >= 0.3 is 11.9 Å². The van der Waals surface area contributed by atoms with Crippen molar-refractivity contribution < 1.29 is 23.9 Å². The molecule has 1 aliphatic rings. The van der Waals surface area contributed by atoms with E-state index in [0.717, 1.165) is 25.0 Å². The molecule has 1 saturated carbocycles. The summed E-state index contributed by atoms with van der Waals surface area (Å²) in [6.45, 7) is 7.74. The number of nitrogens with one attached hydrogen (secondary N) is 1. The molecule has 1 amide bonds. The van der Waals surface area contributed by atoms with E-state index >= 15 is 0 Å². The van der Waals surface area contributed by atoms with E-state index in [0.29, 0.717) is 11.8 Å². The first-order valence-electron chi connectivity index (χ1n) is 8.21. The molecule has 1 rings (SSSR count). The van der Waals surface area contributed by atoms with Gasteiger partial charge < -0.3 is 14.8 Å². The summed E-state index contributed by atoms with van der Waals surface area (Å²) in [6, 6.07) is 0.113. The van der Waals surface area contributed by atoms with Crippen LogP contribution in [0.3, 0.4) is 0 Å². The quantitative estimate of drug-likeness (QED) is 0.596. The Kier molecular flexibility index (Phi) is 7.78. The molecule has 0 aromatic rings. The summed E-state index contributed by atoms with van der Waals surface area (Å²) in [5.41, 5.74) is 0. The van der Waals surface area contributed by atoms with E-state index in [9.17, 15) is 14.4 Å². The number of hydrogen-bond donors (Lipinski definition) is 1. The maximum absolute atomic E-state index is 12.1. The standard InChI is InChI=1S/C17H27NO5/c1-5-22-15(19)9-10-16(20)23-13(4)17(21)18-14-8-6-7-11(2)12(14)3/h9-14H,5-8H2,1-4H3,(H,18,21)/b10-9+/t11-,12-,13-,14-/m0/s1. The molecule has 0 aromatic carbocycles. The topological polar surface area (TPSA) is 81.7 Å². The Bertz CT molecular complexity index is 460. The predicted molar refractivity (Wildman–Crippen MR) is 85.4 cm³/mol. The Morgan fingerprint density at radius 2 is 1.83 bits per heavy atom. The minimum atomic E-state index is -0.904. The van der Waals surface area contributed by atoms with Crippen LogP contribution in [0.2, 0.25) is 0 Å². The van der Waals surface area contributed by atoms with Crippen LogP contribution in [0.4, 0.5) is 0 Å². The lowest BCUT2D eigenvalue weighted by Crippen LogP contribution is -2.47. The Hall–Kier alpha value is -1.85. The third-order valence-corrected chi connectivity index (χ3v) is 4.34. The number of hydrogen-bond acceptors (Lipinski definition) is 5. The normalized spacial score (nSPS) is 25.7. The zero-order valence-electron chi connectivity index (χ0n) is 14.3. The highest BCUT2D eigenvalue weighted by Gasteiger charge is 2.29. The first-order chi connectivity index (χ1) is 10.8. The lowest BCUT2D eigenvalue weighted by atomic mass is 9.78. The molecular formula is C17H27NO5. The van der Waals surface area contributed by atoms with Crippen LogP contribution in [0.25, 0.3) is 0 Å². The van der Waals surface area contributed by atoms with Gasteiger partial charge in [-0.05, 0) is 32.1 Å². The molecule has 1 N–H and O–H groups in total. The van der Waals surface area contributed by atoms with Crippen molar-refractivity contribution in [2.45, 2.75) is 59.1 Å². The van der Waals surface area contributed by atoms with Crippen LogP contribution in [-0.2, 0) is 23.9 Å². The average molecular weight is 325 g/mol. The summed E-state index contributed by atoms with van der Waals surface area (Å²) in [4.78, 5) is 34.8. The number of esters is 2. The Morgan fingerprint density at radius 3 is 2.48 bits per heavy atom. The van der Waals surface area contributed by atoms with Gasteiger partial charge in [0.05, 0.1) is 6.61 Å². The molecule has 1 fully saturated rings. The molecule has 6 heteroatoms. The summed E-state index contributed by atoms with van der Waals surface area (Å²) >= 11 is 0. The number of rotatable bonds is 6. The molecular weight excluding hydrogens is 298 g/mol. The fraction of sp³-hybridized carbons (Fsp3) is 0.706. The van der Waals surface area contributed by atoms with Gasteiger partial charge in [-0.15, -0.1) is 0 Å². The maximum Gasteiger partial charge on any atom is 0.331 e. The Labute approximate surface area is 137 Å². The largest absolute Gasteiger partial charge is 0.463 e. The van der Waals surface area contributed by atoms with E-state index in [1.807, 2.05) is 0 Å². The van der Waals surface area contributed by atoms with Gasteiger partial charge in [0.25, 0.3) is 5.91 Å². The number of ether oxygens (including phenoxy) is 2. The van der Waals surface area contributed by atoms with E-state index in [2.05, 4.69) is 23.9 Å². The zero-order valence-corrected chi connectivity index (χ0v) is 14.3. The van der Waals surface area contributed by atoms with Gasteiger partial charge in [0, 0.05) is 18.2 Å². The molecule has 6 nitrogen and oxygen atoms in total. The average Bonchev–Trinajstić information content (AvgIpc) is 2.50. The van der Waals surface area contributed by atoms with Crippen LogP contribution in [0.5, 0.6) is 0 Å². The second-order valence-electron chi connectivity index (χ2n) is 6.05. The first kappa shape index (κ1) is 19.2. The van der Waals surface area contributed by atoms with Crippen molar-refractivity contribution in [2.75, 3.05) is 6.61 Å². The fourth-order valence-electron chi connectivity index (χ4n) is 2.68. The molecule has 1 aliphatic carbocycles.